The number of halogens is 1. The summed E-state index contributed by atoms with van der Waals surface area (Å²) >= 11 is 7.48. The van der Waals surface area contributed by atoms with E-state index in [9.17, 15) is 4.79 Å². The summed E-state index contributed by atoms with van der Waals surface area (Å²) in [7, 11) is 0. The van der Waals surface area contributed by atoms with Gasteiger partial charge < -0.3 is 15.8 Å². The van der Waals surface area contributed by atoms with Crippen LogP contribution in [0, 0.1) is 0 Å². The van der Waals surface area contributed by atoms with Gasteiger partial charge in [-0.05, 0) is 31.0 Å². The molecule has 0 radical (unpaired) electrons. The van der Waals surface area contributed by atoms with Crippen LogP contribution in [0.25, 0.3) is 0 Å². The van der Waals surface area contributed by atoms with Crippen molar-refractivity contribution in [3.63, 3.8) is 0 Å². The Kier molecular flexibility index (Phi) is 5.36. The van der Waals surface area contributed by atoms with Crippen LogP contribution in [0.3, 0.4) is 0 Å². The van der Waals surface area contributed by atoms with Gasteiger partial charge in [-0.3, -0.25) is 4.79 Å². The summed E-state index contributed by atoms with van der Waals surface area (Å²) in [4.78, 5) is 12.7. The van der Waals surface area contributed by atoms with Crippen molar-refractivity contribution >= 4 is 35.0 Å². The van der Waals surface area contributed by atoms with Crippen LogP contribution in [-0.2, 0) is 9.53 Å². The quantitative estimate of drug-likeness (QED) is 0.661. The lowest BCUT2D eigenvalue weighted by molar-refractivity contribution is -0.119. The summed E-state index contributed by atoms with van der Waals surface area (Å²) in [6.45, 7) is 1.45. The molecule has 0 bridgehead atoms. The molecule has 19 heavy (non-hydrogen) atoms. The van der Waals surface area contributed by atoms with Crippen LogP contribution in [0.4, 0.5) is 5.69 Å². The third-order valence-electron chi connectivity index (χ3n) is 2.90. The first-order valence-corrected chi connectivity index (χ1v) is 7.56. The van der Waals surface area contributed by atoms with E-state index in [4.69, 9.17) is 22.1 Å². The number of hydrogen-bond acceptors (Lipinski definition) is 4. The first-order chi connectivity index (χ1) is 9.15. The highest BCUT2D eigenvalue weighted by molar-refractivity contribution is 8.00. The third kappa shape index (κ3) is 4.60. The number of nitrogens with one attached hydrogen (secondary N) is 1. The molecule has 1 aliphatic heterocycles. The predicted molar refractivity (Wildman–Crippen MR) is 78.6 cm³/mol. The average Bonchev–Trinajstić information content (AvgIpc) is 2.39. The number of nitrogen functional groups attached to an aromatic ring is 1. The van der Waals surface area contributed by atoms with Crippen molar-refractivity contribution in [2.75, 3.05) is 24.7 Å². The van der Waals surface area contributed by atoms with E-state index >= 15 is 0 Å². The Morgan fingerprint density at radius 2 is 2.21 bits per heavy atom. The number of ether oxygens (including phenoxy) is 1. The zero-order valence-electron chi connectivity index (χ0n) is 10.5. The van der Waals surface area contributed by atoms with Gasteiger partial charge in [0.1, 0.15) is 0 Å². The lowest BCUT2D eigenvalue weighted by Crippen LogP contribution is -2.39. The van der Waals surface area contributed by atoms with Crippen molar-refractivity contribution in [3.05, 3.63) is 23.2 Å². The monoisotopic (exact) mass is 300 g/mol. The SMILES string of the molecule is Nc1ccc(SCC(=O)NC2CCOCC2)c(Cl)c1. The van der Waals surface area contributed by atoms with Crippen molar-refractivity contribution in [1.29, 1.82) is 0 Å². The third-order valence-corrected chi connectivity index (χ3v) is 4.40. The zero-order chi connectivity index (χ0) is 13.7. The zero-order valence-corrected chi connectivity index (χ0v) is 12.1. The molecule has 1 aliphatic rings. The Balaban J connectivity index is 1.79. The van der Waals surface area contributed by atoms with Gasteiger partial charge in [-0.25, -0.2) is 0 Å². The van der Waals surface area contributed by atoms with Gasteiger partial charge >= 0.3 is 0 Å². The van der Waals surface area contributed by atoms with Crippen molar-refractivity contribution in [2.45, 2.75) is 23.8 Å². The topological polar surface area (TPSA) is 64.4 Å². The van der Waals surface area contributed by atoms with E-state index in [1.807, 2.05) is 6.07 Å². The molecule has 0 saturated carbocycles. The van der Waals surface area contributed by atoms with Gasteiger partial charge in [-0.1, -0.05) is 11.6 Å². The van der Waals surface area contributed by atoms with Crippen molar-refractivity contribution in [1.82, 2.24) is 5.32 Å². The van der Waals surface area contributed by atoms with Gasteiger partial charge in [0, 0.05) is 29.8 Å². The van der Waals surface area contributed by atoms with Crippen LogP contribution < -0.4 is 11.1 Å². The number of benzene rings is 1. The van der Waals surface area contributed by atoms with Crippen molar-refractivity contribution in [3.8, 4) is 0 Å². The standard InChI is InChI=1S/C13H17ClN2O2S/c14-11-7-9(15)1-2-12(11)19-8-13(17)16-10-3-5-18-6-4-10/h1-2,7,10H,3-6,8,15H2,(H,16,17). The minimum atomic E-state index is 0.0322. The minimum Gasteiger partial charge on any atom is -0.399 e. The van der Waals surface area contributed by atoms with E-state index in [0.29, 0.717) is 16.5 Å². The molecule has 3 N–H and O–H groups in total. The number of hydrogen-bond donors (Lipinski definition) is 2. The maximum atomic E-state index is 11.8. The van der Waals surface area contributed by atoms with E-state index in [-0.39, 0.29) is 11.9 Å². The molecule has 4 nitrogen and oxygen atoms in total. The van der Waals surface area contributed by atoms with Crippen LogP contribution >= 0.6 is 23.4 Å². The molecule has 1 heterocycles. The Morgan fingerprint density at radius 3 is 2.89 bits per heavy atom. The largest absolute Gasteiger partial charge is 0.399 e. The second-order valence-corrected chi connectivity index (χ2v) is 5.86. The molecule has 1 aromatic carbocycles. The molecule has 1 fully saturated rings. The first-order valence-electron chi connectivity index (χ1n) is 6.20. The number of nitrogens with two attached hydrogens (primary N) is 1. The van der Waals surface area contributed by atoms with Gasteiger partial charge in [0.25, 0.3) is 0 Å². The maximum absolute atomic E-state index is 11.8. The van der Waals surface area contributed by atoms with Crippen LogP contribution in [0.1, 0.15) is 12.8 Å². The second-order valence-electron chi connectivity index (χ2n) is 4.43. The number of carbonyl (C=O) groups is 1. The van der Waals surface area contributed by atoms with Crippen molar-refractivity contribution < 1.29 is 9.53 Å². The Hall–Kier alpha value is -0.910. The van der Waals surface area contributed by atoms with Crippen LogP contribution in [0.15, 0.2) is 23.1 Å². The highest BCUT2D eigenvalue weighted by Crippen LogP contribution is 2.28. The number of anilines is 1. The number of thioether (sulfide) groups is 1. The minimum absolute atomic E-state index is 0.0322. The summed E-state index contributed by atoms with van der Waals surface area (Å²) in [5.41, 5.74) is 6.25. The molecular formula is C13H17ClN2O2S. The molecule has 0 spiro atoms. The van der Waals surface area contributed by atoms with E-state index < -0.39 is 0 Å². The van der Waals surface area contributed by atoms with Gasteiger partial charge in [0.2, 0.25) is 5.91 Å². The van der Waals surface area contributed by atoms with E-state index in [2.05, 4.69) is 5.32 Å². The fourth-order valence-corrected chi connectivity index (χ4v) is 2.97. The molecule has 1 saturated heterocycles. The van der Waals surface area contributed by atoms with Gasteiger partial charge in [-0.15, -0.1) is 11.8 Å². The highest BCUT2D eigenvalue weighted by Gasteiger charge is 2.16. The fourth-order valence-electron chi connectivity index (χ4n) is 1.89. The number of rotatable bonds is 4. The summed E-state index contributed by atoms with van der Waals surface area (Å²) in [6, 6.07) is 5.55. The predicted octanol–water partition coefficient (Wildman–Crippen LogP) is 2.31. The Morgan fingerprint density at radius 1 is 1.47 bits per heavy atom. The lowest BCUT2D eigenvalue weighted by Gasteiger charge is -2.23. The highest BCUT2D eigenvalue weighted by atomic mass is 35.5. The lowest BCUT2D eigenvalue weighted by atomic mass is 10.1. The molecule has 104 valence electrons. The number of amides is 1. The number of carbonyl (C=O) groups excluding carboxylic acids is 1. The average molecular weight is 301 g/mol. The van der Waals surface area contributed by atoms with Gasteiger partial charge in [0.05, 0.1) is 10.8 Å². The van der Waals surface area contributed by atoms with Crippen LogP contribution in [0.5, 0.6) is 0 Å². The van der Waals surface area contributed by atoms with Gasteiger partial charge in [-0.2, -0.15) is 0 Å². The second kappa shape index (κ2) is 7.03. The molecule has 0 aliphatic carbocycles. The maximum Gasteiger partial charge on any atom is 0.230 e. The van der Waals surface area contributed by atoms with E-state index in [1.54, 1.807) is 12.1 Å². The fraction of sp³-hybridized carbons (Fsp3) is 0.462. The van der Waals surface area contributed by atoms with Crippen molar-refractivity contribution in [2.24, 2.45) is 0 Å². The molecule has 1 aromatic rings. The van der Waals surface area contributed by atoms with Crippen LogP contribution in [0.2, 0.25) is 5.02 Å². The van der Waals surface area contributed by atoms with E-state index in [0.717, 1.165) is 31.0 Å². The summed E-state index contributed by atoms with van der Waals surface area (Å²) in [5, 5.41) is 3.60. The Bertz CT molecular complexity index is 450. The summed E-state index contributed by atoms with van der Waals surface area (Å²) < 4.78 is 5.25. The molecule has 0 atom stereocenters. The molecule has 0 aromatic heterocycles. The first kappa shape index (κ1) is 14.5. The van der Waals surface area contributed by atoms with E-state index in [1.165, 1.54) is 11.8 Å². The summed E-state index contributed by atoms with van der Waals surface area (Å²) in [6.07, 6.45) is 1.78. The summed E-state index contributed by atoms with van der Waals surface area (Å²) in [5.74, 6) is 0.394. The molecule has 2 rings (SSSR count). The normalized spacial score (nSPS) is 16.3. The molecule has 6 heteroatoms. The smallest absolute Gasteiger partial charge is 0.230 e. The molecule has 0 unspecified atom stereocenters. The van der Waals surface area contributed by atoms with Gasteiger partial charge in [0.15, 0.2) is 0 Å². The van der Waals surface area contributed by atoms with Crippen LogP contribution in [-0.4, -0.2) is 30.9 Å². The molecule has 1 amide bonds. The molecular weight excluding hydrogens is 284 g/mol. The Labute approximate surface area is 122 Å².